The molecule has 0 bridgehead atoms. The van der Waals surface area contributed by atoms with Crippen molar-refractivity contribution in [2.24, 2.45) is 5.73 Å². The molecule has 0 aromatic carbocycles. The normalized spacial score (nSPS) is 32.2. The molecule has 1 heterocycles. The summed E-state index contributed by atoms with van der Waals surface area (Å²) in [6.45, 7) is 5.43. The van der Waals surface area contributed by atoms with E-state index < -0.39 is 0 Å². The second-order valence-corrected chi connectivity index (χ2v) is 3.17. The maximum absolute atomic E-state index is 5.68. The fourth-order valence-corrected chi connectivity index (χ4v) is 1.60. The van der Waals surface area contributed by atoms with Crippen molar-refractivity contribution >= 4 is 0 Å². The molecule has 1 aliphatic heterocycles. The number of hydrogen-bond acceptors (Lipinski definition) is 3. The van der Waals surface area contributed by atoms with Gasteiger partial charge in [-0.05, 0) is 19.4 Å². The Morgan fingerprint density at radius 2 is 2.45 bits per heavy atom. The first-order valence-electron chi connectivity index (χ1n) is 4.36. The Bertz CT molecular complexity index is 105. The van der Waals surface area contributed by atoms with Crippen LogP contribution in [0.1, 0.15) is 19.8 Å². The third kappa shape index (κ3) is 2.15. The number of ether oxygens (including phenoxy) is 1. The fraction of sp³-hybridized carbons (Fsp3) is 1.00. The van der Waals surface area contributed by atoms with Gasteiger partial charge in [-0.2, -0.15) is 0 Å². The number of nitrogens with two attached hydrogens (primary N) is 1. The minimum absolute atomic E-state index is 0.0764. The Morgan fingerprint density at radius 3 is 2.91 bits per heavy atom. The van der Waals surface area contributed by atoms with Crippen molar-refractivity contribution in [2.45, 2.75) is 25.3 Å². The van der Waals surface area contributed by atoms with Crippen molar-refractivity contribution in [2.75, 3.05) is 26.3 Å². The molecule has 0 aromatic rings. The van der Waals surface area contributed by atoms with E-state index >= 15 is 0 Å². The highest BCUT2D eigenvalue weighted by molar-refractivity contribution is 4.90. The topological polar surface area (TPSA) is 47.3 Å². The molecule has 1 saturated heterocycles. The molecule has 0 aromatic heterocycles. The summed E-state index contributed by atoms with van der Waals surface area (Å²) >= 11 is 0. The first kappa shape index (κ1) is 8.97. The van der Waals surface area contributed by atoms with Crippen LogP contribution in [0.4, 0.5) is 0 Å². The summed E-state index contributed by atoms with van der Waals surface area (Å²) in [6, 6.07) is 0. The van der Waals surface area contributed by atoms with Crippen LogP contribution in [0.3, 0.4) is 0 Å². The summed E-state index contributed by atoms with van der Waals surface area (Å²) in [6.07, 6.45) is 2.28. The minimum atomic E-state index is 0.0764. The van der Waals surface area contributed by atoms with Crippen LogP contribution >= 0.6 is 0 Å². The van der Waals surface area contributed by atoms with Crippen molar-refractivity contribution < 1.29 is 4.74 Å². The van der Waals surface area contributed by atoms with Gasteiger partial charge in [0.05, 0.1) is 12.1 Å². The Kier molecular flexibility index (Phi) is 3.30. The van der Waals surface area contributed by atoms with Crippen LogP contribution in [-0.4, -0.2) is 31.8 Å². The van der Waals surface area contributed by atoms with Crippen LogP contribution in [0, 0.1) is 0 Å². The maximum atomic E-state index is 5.68. The average Bonchev–Trinajstić information content (AvgIpc) is 2.07. The molecular formula is C8H18N2O. The summed E-state index contributed by atoms with van der Waals surface area (Å²) in [5.41, 5.74) is 5.76. The fourth-order valence-electron chi connectivity index (χ4n) is 1.60. The van der Waals surface area contributed by atoms with Crippen molar-refractivity contribution in [1.29, 1.82) is 0 Å². The molecule has 1 aliphatic rings. The SMILES string of the molecule is CCNC1(CN)CCCOC1. The van der Waals surface area contributed by atoms with E-state index in [9.17, 15) is 0 Å². The largest absolute Gasteiger partial charge is 0.379 e. The van der Waals surface area contributed by atoms with E-state index in [0.29, 0.717) is 6.54 Å². The molecular weight excluding hydrogens is 140 g/mol. The quantitative estimate of drug-likeness (QED) is 0.612. The van der Waals surface area contributed by atoms with E-state index in [4.69, 9.17) is 10.5 Å². The third-order valence-corrected chi connectivity index (χ3v) is 2.26. The molecule has 3 nitrogen and oxygen atoms in total. The van der Waals surface area contributed by atoms with Gasteiger partial charge in [0.25, 0.3) is 0 Å². The molecule has 11 heavy (non-hydrogen) atoms. The summed E-state index contributed by atoms with van der Waals surface area (Å²) in [5, 5.41) is 3.40. The lowest BCUT2D eigenvalue weighted by Gasteiger charge is -2.36. The van der Waals surface area contributed by atoms with Crippen molar-refractivity contribution in [3.05, 3.63) is 0 Å². The van der Waals surface area contributed by atoms with Crippen LogP contribution in [-0.2, 0) is 4.74 Å². The highest BCUT2D eigenvalue weighted by Crippen LogP contribution is 2.17. The van der Waals surface area contributed by atoms with Gasteiger partial charge in [-0.15, -0.1) is 0 Å². The second kappa shape index (κ2) is 4.04. The first-order valence-corrected chi connectivity index (χ1v) is 4.36. The lowest BCUT2D eigenvalue weighted by Crippen LogP contribution is -2.56. The zero-order chi connectivity index (χ0) is 8.16. The highest BCUT2D eigenvalue weighted by Gasteiger charge is 2.29. The zero-order valence-electron chi connectivity index (χ0n) is 7.23. The molecule has 1 atom stereocenters. The van der Waals surface area contributed by atoms with E-state index in [-0.39, 0.29) is 5.54 Å². The molecule has 1 fully saturated rings. The molecule has 1 rings (SSSR count). The molecule has 0 radical (unpaired) electrons. The predicted molar refractivity (Wildman–Crippen MR) is 45.5 cm³/mol. The van der Waals surface area contributed by atoms with Gasteiger partial charge >= 0.3 is 0 Å². The van der Waals surface area contributed by atoms with Crippen LogP contribution in [0.2, 0.25) is 0 Å². The summed E-state index contributed by atoms with van der Waals surface area (Å²) in [5.74, 6) is 0. The van der Waals surface area contributed by atoms with Gasteiger partial charge in [0.2, 0.25) is 0 Å². The Labute approximate surface area is 68.3 Å². The minimum Gasteiger partial charge on any atom is -0.379 e. The van der Waals surface area contributed by atoms with Crippen molar-refractivity contribution in [3.8, 4) is 0 Å². The van der Waals surface area contributed by atoms with Gasteiger partial charge in [-0.1, -0.05) is 6.92 Å². The average molecular weight is 158 g/mol. The Balaban J connectivity index is 2.42. The van der Waals surface area contributed by atoms with Crippen LogP contribution < -0.4 is 11.1 Å². The van der Waals surface area contributed by atoms with Gasteiger partial charge in [0, 0.05) is 13.2 Å². The van der Waals surface area contributed by atoms with Crippen LogP contribution in [0.15, 0.2) is 0 Å². The summed E-state index contributed by atoms with van der Waals surface area (Å²) < 4.78 is 5.39. The number of nitrogens with one attached hydrogen (secondary N) is 1. The van der Waals surface area contributed by atoms with E-state index in [1.807, 2.05) is 0 Å². The summed E-state index contributed by atoms with van der Waals surface area (Å²) in [7, 11) is 0. The van der Waals surface area contributed by atoms with Gasteiger partial charge in [0.1, 0.15) is 0 Å². The molecule has 0 amide bonds. The maximum Gasteiger partial charge on any atom is 0.0660 e. The zero-order valence-corrected chi connectivity index (χ0v) is 7.23. The molecule has 1 unspecified atom stereocenters. The van der Waals surface area contributed by atoms with Gasteiger partial charge in [-0.3, -0.25) is 0 Å². The van der Waals surface area contributed by atoms with Crippen molar-refractivity contribution in [3.63, 3.8) is 0 Å². The number of hydrogen-bond donors (Lipinski definition) is 2. The predicted octanol–water partition coefficient (Wildman–Crippen LogP) is 0.104. The lowest BCUT2D eigenvalue weighted by atomic mass is 9.92. The third-order valence-electron chi connectivity index (χ3n) is 2.26. The molecule has 0 spiro atoms. The number of rotatable bonds is 3. The van der Waals surface area contributed by atoms with E-state index in [2.05, 4.69) is 12.2 Å². The monoisotopic (exact) mass is 158 g/mol. The standard InChI is InChI=1S/C8H18N2O/c1-2-10-8(6-9)4-3-5-11-7-8/h10H,2-7,9H2,1H3. The van der Waals surface area contributed by atoms with Crippen LogP contribution in [0.5, 0.6) is 0 Å². The van der Waals surface area contributed by atoms with Crippen molar-refractivity contribution in [1.82, 2.24) is 5.32 Å². The molecule has 0 aliphatic carbocycles. The molecule has 3 heteroatoms. The van der Waals surface area contributed by atoms with E-state index in [1.165, 1.54) is 0 Å². The summed E-state index contributed by atoms with van der Waals surface area (Å²) in [4.78, 5) is 0. The first-order chi connectivity index (χ1) is 5.33. The second-order valence-electron chi connectivity index (χ2n) is 3.17. The van der Waals surface area contributed by atoms with Crippen LogP contribution in [0.25, 0.3) is 0 Å². The smallest absolute Gasteiger partial charge is 0.0660 e. The van der Waals surface area contributed by atoms with E-state index in [0.717, 1.165) is 32.6 Å². The van der Waals surface area contributed by atoms with E-state index in [1.54, 1.807) is 0 Å². The highest BCUT2D eigenvalue weighted by atomic mass is 16.5. The van der Waals surface area contributed by atoms with Gasteiger partial charge < -0.3 is 15.8 Å². The molecule has 66 valence electrons. The Morgan fingerprint density at radius 1 is 1.64 bits per heavy atom. The molecule has 3 N–H and O–H groups in total. The Hall–Kier alpha value is -0.120. The molecule has 0 saturated carbocycles. The number of likely N-dealkylation sites (N-methyl/N-ethyl adjacent to an activating group) is 1. The lowest BCUT2D eigenvalue weighted by molar-refractivity contribution is 0.0250. The van der Waals surface area contributed by atoms with Gasteiger partial charge in [-0.25, -0.2) is 0 Å². The van der Waals surface area contributed by atoms with Gasteiger partial charge in [0.15, 0.2) is 0 Å².